The summed E-state index contributed by atoms with van der Waals surface area (Å²) in [6.07, 6.45) is 1.64. The standard InChI is InChI=1S/C28H39N3O3/c1-21(2)26(20-29-25-13-9-22(3)10-14-25)30-28(33)24(12-11-23-7-5-4-6-8-23)19-27(32)31-15-17-34-18-16-31/h4-10,13-14,21,24,26,29H,11-12,15-20H2,1-3H3,(H,30,33)/t24-,26-/m1/s1. The van der Waals surface area contributed by atoms with Gasteiger partial charge in [0.2, 0.25) is 11.8 Å². The summed E-state index contributed by atoms with van der Waals surface area (Å²) in [5.41, 5.74) is 3.43. The number of carbonyl (C=O) groups is 2. The van der Waals surface area contributed by atoms with Crippen molar-refractivity contribution >= 4 is 17.5 Å². The van der Waals surface area contributed by atoms with Gasteiger partial charge in [0.1, 0.15) is 0 Å². The fraction of sp³-hybridized carbons (Fsp3) is 0.500. The fourth-order valence-corrected chi connectivity index (χ4v) is 4.12. The van der Waals surface area contributed by atoms with E-state index in [1.165, 1.54) is 11.1 Å². The number of rotatable bonds is 11. The number of nitrogens with one attached hydrogen (secondary N) is 2. The highest BCUT2D eigenvalue weighted by atomic mass is 16.5. The van der Waals surface area contributed by atoms with Gasteiger partial charge >= 0.3 is 0 Å². The van der Waals surface area contributed by atoms with Gasteiger partial charge in [0, 0.05) is 43.7 Å². The van der Waals surface area contributed by atoms with Gasteiger partial charge in [0.15, 0.2) is 0 Å². The van der Waals surface area contributed by atoms with Gasteiger partial charge in [-0.2, -0.15) is 0 Å². The van der Waals surface area contributed by atoms with Crippen molar-refractivity contribution in [1.29, 1.82) is 0 Å². The maximum Gasteiger partial charge on any atom is 0.223 e. The molecule has 2 aromatic carbocycles. The molecular formula is C28H39N3O3. The van der Waals surface area contributed by atoms with Crippen LogP contribution in [0.3, 0.4) is 0 Å². The smallest absolute Gasteiger partial charge is 0.223 e. The van der Waals surface area contributed by atoms with Crippen molar-refractivity contribution in [3.05, 3.63) is 65.7 Å². The molecule has 0 unspecified atom stereocenters. The second kappa shape index (κ2) is 13.1. The highest BCUT2D eigenvalue weighted by Gasteiger charge is 2.28. The molecule has 3 rings (SSSR count). The SMILES string of the molecule is Cc1ccc(NC[C@@H](NC(=O)[C@H](CCc2ccccc2)CC(=O)N2CCOCC2)C(C)C)cc1. The summed E-state index contributed by atoms with van der Waals surface area (Å²) in [5, 5.41) is 6.69. The molecule has 1 saturated heterocycles. The number of hydrogen-bond acceptors (Lipinski definition) is 4. The Morgan fingerprint density at radius 1 is 1.00 bits per heavy atom. The normalized spacial score (nSPS) is 15.6. The van der Waals surface area contributed by atoms with Gasteiger partial charge in [0.25, 0.3) is 0 Å². The molecule has 6 heteroatoms. The van der Waals surface area contributed by atoms with Crippen molar-refractivity contribution in [2.75, 3.05) is 38.2 Å². The van der Waals surface area contributed by atoms with E-state index in [-0.39, 0.29) is 36.1 Å². The van der Waals surface area contributed by atoms with Crippen molar-refractivity contribution in [3.8, 4) is 0 Å². The first kappa shape index (κ1) is 25.8. The second-order valence-corrected chi connectivity index (χ2v) is 9.52. The molecule has 0 aromatic heterocycles. The Balaban J connectivity index is 1.64. The van der Waals surface area contributed by atoms with E-state index >= 15 is 0 Å². The van der Waals surface area contributed by atoms with Gasteiger partial charge in [-0.25, -0.2) is 0 Å². The number of amides is 2. The van der Waals surface area contributed by atoms with Crippen molar-refractivity contribution in [1.82, 2.24) is 10.2 Å². The van der Waals surface area contributed by atoms with Gasteiger partial charge in [-0.05, 0) is 43.4 Å². The lowest BCUT2D eigenvalue weighted by molar-refractivity contribution is -0.139. The van der Waals surface area contributed by atoms with Crippen LogP contribution in [-0.4, -0.2) is 55.6 Å². The molecule has 2 aromatic rings. The Morgan fingerprint density at radius 2 is 1.68 bits per heavy atom. The summed E-state index contributed by atoms with van der Waals surface area (Å²) in [5.74, 6) is -0.111. The number of carbonyl (C=O) groups excluding carboxylic acids is 2. The predicted octanol–water partition coefficient (Wildman–Crippen LogP) is 4.05. The van der Waals surface area contributed by atoms with Gasteiger partial charge in [0.05, 0.1) is 13.2 Å². The zero-order chi connectivity index (χ0) is 24.3. The summed E-state index contributed by atoms with van der Waals surface area (Å²) in [6.45, 7) is 9.24. The third-order valence-corrected chi connectivity index (χ3v) is 6.49. The van der Waals surface area contributed by atoms with Gasteiger partial charge in [-0.15, -0.1) is 0 Å². The average Bonchev–Trinajstić information content (AvgIpc) is 2.86. The van der Waals surface area contributed by atoms with Gasteiger partial charge in [-0.1, -0.05) is 61.9 Å². The van der Waals surface area contributed by atoms with Gasteiger partial charge < -0.3 is 20.3 Å². The van der Waals surface area contributed by atoms with E-state index < -0.39 is 0 Å². The van der Waals surface area contributed by atoms with E-state index in [1.807, 2.05) is 23.1 Å². The second-order valence-electron chi connectivity index (χ2n) is 9.52. The quantitative estimate of drug-likeness (QED) is 0.525. The van der Waals surface area contributed by atoms with Crippen molar-refractivity contribution in [2.24, 2.45) is 11.8 Å². The molecule has 34 heavy (non-hydrogen) atoms. The Morgan fingerprint density at radius 3 is 2.32 bits per heavy atom. The molecule has 184 valence electrons. The molecule has 0 radical (unpaired) electrons. The van der Waals surface area contributed by atoms with Crippen LogP contribution in [0.4, 0.5) is 5.69 Å². The molecule has 0 spiro atoms. The van der Waals surface area contributed by atoms with E-state index in [0.29, 0.717) is 39.3 Å². The van der Waals surface area contributed by atoms with Crippen molar-refractivity contribution in [2.45, 2.75) is 46.1 Å². The maximum absolute atomic E-state index is 13.4. The molecular weight excluding hydrogens is 426 g/mol. The summed E-state index contributed by atoms with van der Waals surface area (Å²) in [7, 11) is 0. The number of ether oxygens (including phenoxy) is 1. The number of nitrogens with zero attached hydrogens (tertiary/aromatic N) is 1. The van der Waals surface area contributed by atoms with E-state index in [2.05, 4.69) is 67.8 Å². The third-order valence-electron chi connectivity index (χ3n) is 6.49. The minimum absolute atomic E-state index is 0.0356. The molecule has 1 fully saturated rings. The Hall–Kier alpha value is -2.86. The van der Waals surface area contributed by atoms with Crippen LogP contribution in [0.2, 0.25) is 0 Å². The van der Waals surface area contributed by atoms with E-state index in [0.717, 1.165) is 12.1 Å². The topological polar surface area (TPSA) is 70.7 Å². The van der Waals surface area contributed by atoms with Crippen molar-refractivity contribution in [3.63, 3.8) is 0 Å². The first-order valence-corrected chi connectivity index (χ1v) is 12.4. The molecule has 1 heterocycles. The predicted molar refractivity (Wildman–Crippen MR) is 137 cm³/mol. The Labute approximate surface area is 204 Å². The highest BCUT2D eigenvalue weighted by molar-refractivity contribution is 5.86. The minimum atomic E-state index is -0.365. The van der Waals surface area contributed by atoms with E-state index in [4.69, 9.17) is 4.74 Å². The van der Waals surface area contributed by atoms with Crippen LogP contribution in [0.15, 0.2) is 54.6 Å². The largest absolute Gasteiger partial charge is 0.383 e. The van der Waals surface area contributed by atoms with Gasteiger partial charge in [-0.3, -0.25) is 9.59 Å². The molecule has 2 N–H and O–H groups in total. The first-order valence-electron chi connectivity index (χ1n) is 12.4. The number of anilines is 1. The summed E-state index contributed by atoms with van der Waals surface area (Å²) in [6, 6.07) is 18.4. The summed E-state index contributed by atoms with van der Waals surface area (Å²) >= 11 is 0. The van der Waals surface area contributed by atoms with Crippen LogP contribution in [0.25, 0.3) is 0 Å². The summed E-state index contributed by atoms with van der Waals surface area (Å²) in [4.78, 5) is 28.2. The monoisotopic (exact) mass is 465 g/mol. The van der Waals surface area contributed by atoms with Crippen LogP contribution in [0.5, 0.6) is 0 Å². The number of aryl methyl sites for hydroxylation is 2. The molecule has 6 nitrogen and oxygen atoms in total. The Kier molecular flexibility index (Phi) is 9.95. The lowest BCUT2D eigenvalue weighted by atomic mass is 9.93. The Bertz CT molecular complexity index is 893. The number of morpholine rings is 1. The highest BCUT2D eigenvalue weighted by Crippen LogP contribution is 2.18. The zero-order valence-electron chi connectivity index (χ0n) is 20.8. The van der Waals surface area contributed by atoms with Crippen molar-refractivity contribution < 1.29 is 14.3 Å². The molecule has 1 aliphatic rings. The first-order chi connectivity index (χ1) is 16.4. The number of benzene rings is 2. The third kappa shape index (κ3) is 8.17. The zero-order valence-corrected chi connectivity index (χ0v) is 20.8. The number of hydrogen-bond donors (Lipinski definition) is 2. The molecule has 0 saturated carbocycles. The molecule has 0 bridgehead atoms. The molecule has 2 atom stereocenters. The average molecular weight is 466 g/mol. The molecule has 0 aliphatic carbocycles. The molecule has 1 aliphatic heterocycles. The van der Waals surface area contributed by atoms with E-state index in [1.54, 1.807) is 0 Å². The lowest BCUT2D eigenvalue weighted by Crippen LogP contribution is -2.47. The van der Waals surface area contributed by atoms with Crippen LogP contribution in [0, 0.1) is 18.8 Å². The van der Waals surface area contributed by atoms with E-state index in [9.17, 15) is 9.59 Å². The molecule has 2 amide bonds. The minimum Gasteiger partial charge on any atom is -0.383 e. The summed E-state index contributed by atoms with van der Waals surface area (Å²) < 4.78 is 5.38. The fourth-order valence-electron chi connectivity index (χ4n) is 4.12. The lowest BCUT2D eigenvalue weighted by Gasteiger charge is -2.29. The van der Waals surface area contributed by atoms with Crippen LogP contribution in [-0.2, 0) is 20.7 Å². The van der Waals surface area contributed by atoms with Crippen LogP contribution < -0.4 is 10.6 Å². The van der Waals surface area contributed by atoms with Crippen LogP contribution >= 0.6 is 0 Å². The van der Waals surface area contributed by atoms with Crippen LogP contribution in [0.1, 0.15) is 37.8 Å². The maximum atomic E-state index is 13.4.